The average molecular weight is 311 g/mol. The normalized spacial score (nSPS) is 14.1. The van der Waals surface area contributed by atoms with Gasteiger partial charge in [0.1, 0.15) is 0 Å². The molecule has 1 aromatic rings. The molecule has 2 N–H and O–H groups in total. The smallest absolute Gasteiger partial charge is 0.391 e. The molecule has 0 aliphatic carbocycles. The summed E-state index contributed by atoms with van der Waals surface area (Å²) in [5, 5.41) is 12.3. The third-order valence-electron chi connectivity index (χ3n) is 2.63. The number of aliphatic hydroxyl groups excluding tert-OH is 1. The Kier molecular flexibility index (Phi) is 5.41. The summed E-state index contributed by atoms with van der Waals surface area (Å²) < 4.78 is 59.2. The van der Waals surface area contributed by atoms with E-state index in [2.05, 4.69) is 5.32 Å². The summed E-state index contributed by atoms with van der Waals surface area (Å²) in [6, 6.07) is 4.24. The molecule has 0 amide bonds. The fourth-order valence-corrected chi connectivity index (χ4v) is 2.32. The number of aliphatic hydroxyl groups is 1. The second kappa shape index (κ2) is 6.45. The van der Waals surface area contributed by atoms with Gasteiger partial charge in [0.05, 0.1) is 11.0 Å². The SMILES string of the molecule is CCCC(O)CNc1ccc(S(=O)(=O)C(F)(F)F)cc1. The molecule has 1 rings (SSSR count). The summed E-state index contributed by atoms with van der Waals surface area (Å²) in [5.41, 5.74) is -4.86. The van der Waals surface area contributed by atoms with Crippen LogP contribution >= 0.6 is 0 Å². The largest absolute Gasteiger partial charge is 0.501 e. The van der Waals surface area contributed by atoms with Crippen LogP contribution in [-0.2, 0) is 9.84 Å². The minimum atomic E-state index is -5.31. The van der Waals surface area contributed by atoms with Gasteiger partial charge in [-0.3, -0.25) is 0 Å². The first kappa shape index (κ1) is 16.8. The van der Waals surface area contributed by atoms with Crippen molar-refractivity contribution in [2.45, 2.75) is 36.3 Å². The molecule has 4 nitrogen and oxygen atoms in total. The van der Waals surface area contributed by atoms with E-state index in [1.54, 1.807) is 0 Å². The van der Waals surface area contributed by atoms with Crippen LogP contribution in [0.3, 0.4) is 0 Å². The van der Waals surface area contributed by atoms with Gasteiger partial charge in [0.2, 0.25) is 0 Å². The van der Waals surface area contributed by atoms with Crippen LogP contribution in [0.15, 0.2) is 29.2 Å². The van der Waals surface area contributed by atoms with Crippen molar-refractivity contribution in [2.24, 2.45) is 0 Å². The maximum atomic E-state index is 12.3. The third kappa shape index (κ3) is 4.11. The van der Waals surface area contributed by atoms with Gasteiger partial charge in [0, 0.05) is 12.2 Å². The van der Waals surface area contributed by atoms with E-state index in [0.717, 1.165) is 18.6 Å². The second-order valence-electron chi connectivity index (χ2n) is 4.30. The van der Waals surface area contributed by atoms with Gasteiger partial charge in [0.25, 0.3) is 9.84 Å². The lowest BCUT2D eigenvalue weighted by Gasteiger charge is -2.12. The number of anilines is 1. The van der Waals surface area contributed by atoms with E-state index in [1.165, 1.54) is 12.1 Å². The quantitative estimate of drug-likeness (QED) is 0.847. The lowest BCUT2D eigenvalue weighted by atomic mass is 10.2. The highest BCUT2D eigenvalue weighted by molar-refractivity contribution is 7.92. The summed E-state index contributed by atoms with van der Waals surface area (Å²) in [4.78, 5) is -0.801. The fraction of sp³-hybridized carbons (Fsp3) is 0.500. The van der Waals surface area contributed by atoms with Crippen LogP contribution in [0.4, 0.5) is 18.9 Å². The first-order chi connectivity index (χ1) is 9.18. The minimum Gasteiger partial charge on any atom is -0.391 e. The number of benzene rings is 1. The Morgan fingerprint density at radius 1 is 1.25 bits per heavy atom. The van der Waals surface area contributed by atoms with Gasteiger partial charge in [-0.25, -0.2) is 8.42 Å². The molecule has 0 bridgehead atoms. The van der Waals surface area contributed by atoms with Crippen molar-refractivity contribution in [3.05, 3.63) is 24.3 Å². The van der Waals surface area contributed by atoms with Crippen molar-refractivity contribution in [3.63, 3.8) is 0 Å². The zero-order valence-corrected chi connectivity index (χ0v) is 11.6. The molecule has 20 heavy (non-hydrogen) atoms. The summed E-state index contributed by atoms with van der Waals surface area (Å²) in [5.74, 6) is 0. The van der Waals surface area contributed by atoms with Crippen LogP contribution in [0, 0.1) is 0 Å². The molecule has 114 valence electrons. The molecule has 0 fully saturated rings. The molecule has 0 spiro atoms. The van der Waals surface area contributed by atoms with Gasteiger partial charge in [-0.15, -0.1) is 0 Å². The first-order valence-electron chi connectivity index (χ1n) is 6.02. The van der Waals surface area contributed by atoms with Crippen molar-refractivity contribution in [1.29, 1.82) is 0 Å². The van der Waals surface area contributed by atoms with E-state index in [1.807, 2.05) is 6.92 Å². The van der Waals surface area contributed by atoms with Crippen LogP contribution in [-0.4, -0.2) is 31.7 Å². The maximum Gasteiger partial charge on any atom is 0.501 e. The van der Waals surface area contributed by atoms with Crippen LogP contribution in [0.2, 0.25) is 0 Å². The Morgan fingerprint density at radius 3 is 2.25 bits per heavy atom. The van der Waals surface area contributed by atoms with Gasteiger partial charge in [-0.05, 0) is 30.7 Å². The van der Waals surface area contributed by atoms with Crippen LogP contribution in [0.1, 0.15) is 19.8 Å². The van der Waals surface area contributed by atoms with Crippen molar-refractivity contribution < 1.29 is 26.7 Å². The molecule has 0 aromatic heterocycles. The van der Waals surface area contributed by atoms with E-state index >= 15 is 0 Å². The summed E-state index contributed by atoms with van der Waals surface area (Å²) >= 11 is 0. The van der Waals surface area contributed by atoms with E-state index in [0.29, 0.717) is 12.1 Å². The number of hydrogen-bond donors (Lipinski definition) is 2. The number of hydrogen-bond acceptors (Lipinski definition) is 4. The van der Waals surface area contributed by atoms with Crippen LogP contribution in [0.5, 0.6) is 0 Å². The van der Waals surface area contributed by atoms with Crippen molar-refractivity contribution >= 4 is 15.5 Å². The summed E-state index contributed by atoms with van der Waals surface area (Å²) in [6.45, 7) is 2.17. The molecule has 1 atom stereocenters. The second-order valence-corrected chi connectivity index (χ2v) is 6.24. The Labute approximate surface area is 115 Å². The molecule has 8 heteroatoms. The van der Waals surface area contributed by atoms with E-state index < -0.39 is 26.3 Å². The Balaban J connectivity index is 2.75. The zero-order chi connectivity index (χ0) is 15.4. The predicted octanol–water partition coefficient (Wildman–Crippen LogP) is 2.55. The minimum absolute atomic E-state index is 0.249. The Morgan fingerprint density at radius 2 is 1.80 bits per heavy atom. The van der Waals surface area contributed by atoms with Gasteiger partial charge in [-0.2, -0.15) is 13.2 Å². The number of nitrogens with one attached hydrogen (secondary N) is 1. The van der Waals surface area contributed by atoms with Gasteiger partial charge in [-0.1, -0.05) is 13.3 Å². The van der Waals surface area contributed by atoms with E-state index in [4.69, 9.17) is 0 Å². The maximum absolute atomic E-state index is 12.3. The molecule has 0 heterocycles. The average Bonchev–Trinajstić information content (AvgIpc) is 2.36. The molecule has 1 unspecified atom stereocenters. The molecule has 0 saturated carbocycles. The lowest BCUT2D eigenvalue weighted by molar-refractivity contribution is -0.0436. The fourth-order valence-electron chi connectivity index (χ4n) is 1.56. The van der Waals surface area contributed by atoms with Gasteiger partial charge >= 0.3 is 5.51 Å². The molecular weight excluding hydrogens is 295 g/mol. The first-order valence-corrected chi connectivity index (χ1v) is 7.50. The molecular formula is C12H16F3NO3S. The van der Waals surface area contributed by atoms with Crippen molar-refractivity contribution in [1.82, 2.24) is 0 Å². The highest BCUT2D eigenvalue weighted by atomic mass is 32.2. The number of rotatable bonds is 6. The number of sulfone groups is 1. The standard InChI is InChI=1S/C12H16F3NO3S/c1-2-3-10(17)8-16-9-4-6-11(7-5-9)20(18,19)12(13,14)15/h4-7,10,16-17H,2-3,8H2,1H3. The third-order valence-corrected chi connectivity index (χ3v) is 4.14. The summed E-state index contributed by atoms with van der Waals surface area (Å²) in [6.07, 6.45) is 0.859. The van der Waals surface area contributed by atoms with Crippen LogP contribution in [0.25, 0.3) is 0 Å². The summed E-state index contributed by atoms with van der Waals surface area (Å²) in [7, 11) is -5.31. The Bertz CT molecular complexity index is 526. The van der Waals surface area contributed by atoms with Gasteiger partial charge in [0.15, 0.2) is 0 Å². The van der Waals surface area contributed by atoms with E-state index in [-0.39, 0.29) is 6.54 Å². The topological polar surface area (TPSA) is 66.4 Å². The van der Waals surface area contributed by atoms with Crippen molar-refractivity contribution in [2.75, 3.05) is 11.9 Å². The zero-order valence-electron chi connectivity index (χ0n) is 10.8. The number of halogens is 3. The number of alkyl halides is 3. The highest BCUT2D eigenvalue weighted by Crippen LogP contribution is 2.30. The lowest BCUT2D eigenvalue weighted by Crippen LogP contribution is -2.23. The molecule has 0 saturated heterocycles. The van der Waals surface area contributed by atoms with E-state index in [9.17, 15) is 26.7 Å². The molecule has 1 aromatic carbocycles. The molecule has 0 aliphatic rings. The van der Waals surface area contributed by atoms with Crippen LogP contribution < -0.4 is 5.32 Å². The highest BCUT2D eigenvalue weighted by Gasteiger charge is 2.46. The Hall–Kier alpha value is -1.28. The molecule has 0 radical (unpaired) electrons. The predicted molar refractivity (Wildman–Crippen MR) is 69.1 cm³/mol. The monoisotopic (exact) mass is 311 g/mol. The van der Waals surface area contributed by atoms with Gasteiger partial charge < -0.3 is 10.4 Å². The van der Waals surface area contributed by atoms with Crippen molar-refractivity contribution in [3.8, 4) is 0 Å². The molecule has 0 aliphatic heterocycles.